The third-order valence-electron chi connectivity index (χ3n) is 3.58. The van der Waals surface area contributed by atoms with Gasteiger partial charge in [-0.2, -0.15) is 0 Å². The fourth-order valence-electron chi connectivity index (χ4n) is 2.70. The molecule has 104 valence electrons. The number of thiophene rings is 1. The Bertz CT molecular complexity index is 437. The predicted octanol–water partition coefficient (Wildman–Crippen LogP) is 3.10. The van der Waals surface area contributed by atoms with E-state index < -0.39 is 0 Å². The van der Waals surface area contributed by atoms with Crippen molar-refractivity contribution >= 4 is 11.3 Å². The summed E-state index contributed by atoms with van der Waals surface area (Å²) in [4.78, 5) is 4.93. The van der Waals surface area contributed by atoms with Crippen LogP contribution >= 0.6 is 11.3 Å². The largest absolute Gasteiger partial charge is 0.395 e. The van der Waals surface area contributed by atoms with Crippen molar-refractivity contribution in [1.82, 2.24) is 4.90 Å². The van der Waals surface area contributed by atoms with Crippen LogP contribution in [0, 0.1) is 17.8 Å². The van der Waals surface area contributed by atoms with E-state index in [1.54, 1.807) is 11.3 Å². The van der Waals surface area contributed by atoms with E-state index in [0.29, 0.717) is 6.42 Å². The van der Waals surface area contributed by atoms with Gasteiger partial charge in [0.05, 0.1) is 11.5 Å². The van der Waals surface area contributed by atoms with E-state index in [4.69, 9.17) is 5.11 Å². The molecule has 19 heavy (non-hydrogen) atoms. The van der Waals surface area contributed by atoms with Gasteiger partial charge in [-0.05, 0) is 37.9 Å². The number of nitrogens with zero attached hydrogens (tertiary/aromatic N) is 1. The van der Waals surface area contributed by atoms with Gasteiger partial charge in [-0.15, -0.1) is 11.3 Å². The van der Waals surface area contributed by atoms with Gasteiger partial charge in [0, 0.05) is 24.4 Å². The molecule has 0 saturated heterocycles. The molecule has 0 spiro atoms. The molecule has 0 unspecified atom stereocenters. The summed E-state index contributed by atoms with van der Waals surface area (Å²) in [6.07, 6.45) is 6.22. The Labute approximate surface area is 120 Å². The lowest BCUT2D eigenvalue weighted by Gasteiger charge is -2.19. The van der Waals surface area contributed by atoms with Gasteiger partial charge in [0.15, 0.2) is 0 Å². The number of hydrogen-bond acceptors (Lipinski definition) is 3. The zero-order valence-corrected chi connectivity index (χ0v) is 12.5. The van der Waals surface area contributed by atoms with E-state index in [9.17, 15) is 0 Å². The van der Waals surface area contributed by atoms with Crippen molar-refractivity contribution in [2.24, 2.45) is 5.92 Å². The lowest BCUT2D eigenvalue weighted by Crippen LogP contribution is -2.23. The Morgan fingerprint density at radius 2 is 2.16 bits per heavy atom. The molecule has 1 heterocycles. The van der Waals surface area contributed by atoms with E-state index >= 15 is 0 Å². The van der Waals surface area contributed by atoms with Crippen LogP contribution in [0.5, 0.6) is 0 Å². The molecule has 1 N–H and O–H groups in total. The molecule has 1 fully saturated rings. The van der Waals surface area contributed by atoms with Gasteiger partial charge < -0.3 is 10.0 Å². The lowest BCUT2D eigenvalue weighted by molar-refractivity contribution is 0.273. The van der Waals surface area contributed by atoms with Gasteiger partial charge in [0.1, 0.15) is 0 Å². The first kappa shape index (κ1) is 14.6. The zero-order valence-electron chi connectivity index (χ0n) is 11.7. The normalized spacial score (nSPS) is 15.7. The Kier molecular flexibility index (Phi) is 5.91. The van der Waals surface area contributed by atoms with Crippen molar-refractivity contribution in [2.75, 3.05) is 20.2 Å². The smallest absolute Gasteiger partial charge is 0.0771 e. The van der Waals surface area contributed by atoms with Crippen molar-refractivity contribution in [3.63, 3.8) is 0 Å². The summed E-state index contributed by atoms with van der Waals surface area (Å²) in [5.41, 5.74) is 0. The predicted molar refractivity (Wildman–Crippen MR) is 81.2 cm³/mol. The molecule has 0 atom stereocenters. The van der Waals surface area contributed by atoms with Crippen molar-refractivity contribution < 1.29 is 5.11 Å². The van der Waals surface area contributed by atoms with E-state index in [1.807, 2.05) is 0 Å². The second-order valence-electron chi connectivity index (χ2n) is 5.39. The quantitative estimate of drug-likeness (QED) is 0.836. The summed E-state index contributed by atoms with van der Waals surface area (Å²) >= 11 is 1.77. The molecular formula is C16H23NOS. The Morgan fingerprint density at radius 3 is 2.89 bits per heavy atom. The monoisotopic (exact) mass is 277 g/mol. The van der Waals surface area contributed by atoms with Gasteiger partial charge in [-0.25, -0.2) is 0 Å². The van der Waals surface area contributed by atoms with Crippen LogP contribution in [0.4, 0.5) is 0 Å². The molecule has 1 aromatic heterocycles. The maximum atomic E-state index is 8.70. The Morgan fingerprint density at radius 1 is 1.37 bits per heavy atom. The second kappa shape index (κ2) is 7.69. The number of aliphatic hydroxyl groups is 1. The standard InChI is InChI=1S/C16H23NOS/c1-17(12-14-6-2-3-7-14)13-16-10-9-15(19-16)8-4-5-11-18/h9-10,14,18H,2-3,5-7,11-13H2,1H3. The molecule has 3 heteroatoms. The maximum absolute atomic E-state index is 8.70. The fraction of sp³-hybridized carbons (Fsp3) is 0.625. The Hall–Kier alpha value is -0.820. The molecule has 1 aliphatic rings. The molecule has 2 nitrogen and oxygen atoms in total. The SMILES string of the molecule is CN(Cc1ccc(C#CCCO)s1)CC1CCCC1. The van der Waals surface area contributed by atoms with Crippen LogP contribution < -0.4 is 0 Å². The van der Waals surface area contributed by atoms with E-state index in [2.05, 4.69) is 35.9 Å². The topological polar surface area (TPSA) is 23.5 Å². The molecule has 0 bridgehead atoms. The molecule has 1 saturated carbocycles. The van der Waals surface area contributed by atoms with E-state index in [-0.39, 0.29) is 6.61 Å². The summed E-state index contributed by atoms with van der Waals surface area (Å²) in [6, 6.07) is 4.27. The van der Waals surface area contributed by atoms with E-state index in [0.717, 1.165) is 17.3 Å². The van der Waals surface area contributed by atoms with Crippen molar-refractivity contribution in [2.45, 2.75) is 38.6 Å². The van der Waals surface area contributed by atoms with Gasteiger partial charge in [0.25, 0.3) is 0 Å². The van der Waals surface area contributed by atoms with Crippen LogP contribution in [-0.4, -0.2) is 30.2 Å². The van der Waals surface area contributed by atoms with Crippen LogP contribution in [0.25, 0.3) is 0 Å². The third kappa shape index (κ3) is 4.99. The summed E-state index contributed by atoms with van der Waals surface area (Å²) < 4.78 is 0. The van der Waals surface area contributed by atoms with Crippen LogP contribution in [0.1, 0.15) is 41.9 Å². The van der Waals surface area contributed by atoms with E-state index in [1.165, 1.54) is 37.1 Å². The molecule has 1 aromatic rings. The highest BCUT2D eigenvalue weighted by molar-refractivity contribution is 7.12. The maximum Gasteiger partial charge on any atom is 0.0771 e. The number of hydrogen-bond donors (Lipinski definition) is 1. The molecular weight excluding hydrogens is 254 g/mol. The van der Waals surface area contributed by atoms with Gasteiger partial charge >= 0.3 is 0 Å². The summed E-state index contributed by atoms with van der Waals surface area (Å²) in [7, 11) is 2.22. The molecule has 0 aromatic carbocycles. The summed E-state index contributed by atoms with van der Waals surface area (Å²) in [5, 5.41) is 8.70. The van der Waals surface area contributed by atoms with Gasteiger partial charge in [-0.1, -0.05) is 24.7 Å². The highest BCUT2D eigenvalue weighted by Crippen LogP contribution is 2.26. The third-order valence-corrected chi connectivity index (χ3v) is 4.57. The molecule has 0 amide bonds. The molecule has 0 aliphatic heterocycles. The fourth-order valence-corrected chi connectivity index (χ4v) is 3.66. The van der Waals surface area contributed by atoms with Crippen LogP contribution in [0.15, 0.2) is 12.1 Å². The highest BCUT2D eigenvalue weighted by Gasteiger charge is 2.16. The van der Waals surface area contributed by atoms with Crippen LogP contribution in [-0.2, 0) is 6.54 Å². The zero-order chi connectivity index (χ0) is 13.5. The minimum absolute atomic E-state index is 0.148. The lowest BCUT2D eigenvalue weighted by atomic mass is 10.1. The number of aliphatic hydroxyl groups excluding tert-OH is 1. The van der Waals surface area contributed by atoms with Crippen LogP contribution in [0.3, 0.4) is 0 Å². The van der Waals surface area contributed by atoms with Crippen LogP contribution in [0.2, 0.25) is 0 Å². The first-order valence-electron chi connectivity index (χ1n) is 7.15. The minimum Gasteiger partial charge on any atom is -0.395 e. The minimum atomic E-state index is 0.148. The average molecular weight is 277 g/mol. The Balaban J connectivity index is 1.80. The first-order chi connectivity index (χ1) is 9.28. The number of rotatable bonds is 5. The van der Waals surface area contributed by atoms with Gasteiger partial charge in [-0.3, -0.25) is 0 Å². The highest BCUT2D eigenvalue weighted by atomic mass is 32.1. The van der Waals surface area contributed by atoms with Crippen molar-refractivity contribution in [3.05, 3.63) is 21.9 Å². The molecule has 2 rings (SSSR count). The molecule has 1 aliphatic carbocycles. The molecule has 0 radical (unpaired) electrons. The van der Waals surface area contributed by atoms with Crippen molar-refractivity contribution in [3.8, 4) is 11.8 Å². The summed E-state index contributed by atoms with van der Waals surface area (Å²) in [6.45, 7) is 2.40. The van der Waals surface area contributed by atoms with Gasteiger partial charge in [0.2, 0.25) is 0 Å². The summed E-state index contributed by atoms with van der Waals surface area (Å²) in [5.74, 6) is 6.99. The van der Waals surface area contributed by atoms with Crippen molar-refractivity contribution in [1.29, 1.82) is 0 Å². The first-order valence-corrected chi connectivity index (χ1v) is 7.96. The average Bonchev–Trinajstić information content (AvgIpc) is 3.02. The second-order valence-corrected chi connectivity index (χ2v) is 6.56.